The van der Waals surface area contributed by atoms with Crippen molar-refractivity contribution in [2.24, 2.45) is 7.05 Å². The van der Waals surface area contributed by atoms with Gasteiger partial charge in [0.15, 0.2) is 17.3 Å². The molecule has 8 heteroatoms. The van der Waals surface area contributed by atoms with E-state index in [4.69, 9.17) is 9.47 Å². The standard InChI is InChI=1S/C20H23N5O3/c1-3-27-18-10-14(4-5-17(18)28-9-8-25-7-6-21-13-25)15-11-19(26)22-20-16(15)12-24(2)23-20/h4-7,10,12-13,15H,3,8-9,11H2,1-2H3,(H,22,23,26). The second kappa shape index (κ2) is 7.75. The van der Waals surface area contributed by atoms with Crippen LogP contribution in [0, 0.1) is 0 Å². The van der Waals surface area contributed by atoms with Crippen molar-refractivity contribution in [3.63, 3.8) is 0 Å². The SMILES string of the molecule is CCOc1cc(C2CC(=O)Nc3nn(C)cc32)ccc1OCCn1ccnc1. The summed E-state index contributed by atoms with van der Waals surface area (Å²) in [5, 5.41) is 7.18. The van der Waals surface area contributed by atoms with Crippen LogP contribution < -0.4 is 14.8 Å². The Hall–Kier alpha value is -3.29. The van der Waals surface area contributed by atoms with Crippen LogP contribution in [-0.4, -0.2) is 38.5 Å². The van der Waals surface area contributed by atoms with Gasteiger partial charge >= 0.3 is 0 Å². The molecule has 2 aromatic heterocycles. The van der Waals surface area contributed by atoms with Crippen molar-refractivity contribution in [1.82, 2.24) is 19.3 Å². The zero-order valence-electron chi connectivity index (χ0n) is 16.0. The number of nitrogens with zero attached hydrogens (tertiary/aromatic N) is 4. The van der Waals surface area contributed by atoms with Gasteiger partial charge in [-0.05, 0) is 24.6 Å². The summed E-state index contributed by atoms with van der Waals surface area (Å²) < 4.78 is 15.4. The molecule has 1 aliphatic rings. The third-order valence-corrected chi connectivity index (χ3v) is 4.72. The van der Waals surface area contributed by atoms with Gasteiger partial charge in [0.2, 0.25) is 5.91 Å². The highest BCUT2D eigenvalue weighted by Gasteiger charge is 2.29. The van der Waals surface area contributed by atoms with Crippen molar-refractivity contribution in [2.45, 2.75) is 25.8 Å². The number of hydrogen-bond acceptors (Lipinski definition) is 5. The number of ether oxygens (including phenoxy) is 2. The first kappa shape index (κ1) is 18.1. The molecule has 0 saturated heterocycles. The smallest absolute Gasteiger partial charge is 0.226 e. The number of aryl methyl sites for hydroxylation is 1. The molecule has 4 rings (SSSR count). The molecule has 1 N–H and O–H groups in total. The van der Waals surface area contributed by atoms with Crippen molar-refractivity contribution < 1.29 is 14.3 Å². The summed E-state index contributed by atoms with van der Waals surface area (Å²) in [5.41, 5.74) is 2.02. The number of fused-ring (bicyclic) bond motifs is 1. The van der Waals surface area contributed by atoms with Gasteiger partial charge in [-0.25, -0.2) is 4.98 Å². The number of carbonyl (C=O) groups is 1. The van der Waals surface area contributed by atoms with Crippen LogP contribution >= 0.6 is 0 Å². The van der Waals surface area contributed by atoms with Crippen molar-refractivity contribution >= 4 is 11.7 Å². The van der Waals surface area contributed by atoms with Crippen molar-refractivity contribution in [3.8, 4) is 11.5 Å². The molecule has 1 atom stereocenters. The van der Waals surface area contributed by atoms with Crippen LogP contribution in [0.1, 0.15) is 30.4 Å². The molecule has 3 aromatic rings. The molecule has 0 fully saturated rings. The Labute approximate surface area is 163 Å². The average Bonchev–Trinajstić information content (AvgIpc) is 3.31. The fraction of sp³-hybridized carbons (Fsp3) is 0.350. The lowest BCUT2D eigenvalue weighted by atomic mass is 9.87. The third-order valence-electron chi connectivity index (χ3n) is 4.72. The predicted molar refractivity (Wildman–Crippen MR) is 104 cm³/mol. The van der Waals surface area contributed by atoms with Gasteiger partial charge in [0, 0.05) is 43.5 Å². The van der Waals surface area contributed by atoms with E-state index >= 15 is 0 Å². The number of anilines is 1. The molecular formula is C20H23N5O3. The first-order chi connectivity index (χ1) is 13.6. The second-order valence-electron chi connectivity index (χ2n) is 6.70. The van der Waals surface area contributed by atoms with Crippen molar-refractivity contribution in [1.29, 1.82) is 0 Å². The first-order valence-corrected chi connectivity index (χ1v) is 9.32. The molecule has 3 heterocycles. The first-order valence-electron chi connectivity index (χ1n) is 9.32. The van der Waals surface area contributed by atoms with Crippen LogP contribution in [0.15, 0.2) is 43.1 Å². The number of aromatic nitrogens is 4. The summed E-state index contributed by atoms with van der Waals surface area (Å²) in [6, 6.07) is 5.88. The maximum Gasteiger partial charge on any atom is 0.226 e. The Morgan fingerprint density at radius 2 is 2.18 bits per heavy atom. The lowest BCUT2D eigenvalue weighted by Crippen LogP contribution is -2.23. The maximum absolute atomic E-state index is 12.1. The predicted octanol–water partition coefficient (Wildman–Crippen LogP) is 2.57. The molecule has 1 amide bonds. The summed E-state index contributed by atoms with van der Waals surface area (Å²) in [5.74, 6) is 1.91. The van der Waals surface area contributed by atoms with Gasteiger partial charge in [0.1, 0.15) is 6.61 Å². The molecule has 146 valence electrons. The largest absolute Gasteiger partial charge is 0.490 e. The molecule has 0 saturated carbocycles. The van der Waals surface area contributed by atoms with Gasteiger partial charge in [-0.2, -0.15) is 5.10 Å². The topological polar surface area (TPSA) is 83.2 Å². The minimum absolute atomic E-state index is 0.0326. The molecular weight excluding hydrogens is 358 g/mol. The summed E-state index contributed by atoms with van der Waals surface area (Å²) >= 11 is 0. The van der Waals surface area contributed by atoms with Crippen LogP contribution in [0.2, 0.25) is 0 Å². The van der Waals surface area contributed by atoms with E-state index in [1.54, 1.807) is 17.2 Å². The van der Waals surface area contributed by atoms with E-state index in [0.717, 1.165) is 11.1 Å². The fourth-order valence-electron chi connectivity index (χ4n) is 3.44. The molecule has 0 radical (unpaired) electrons. The van der Waals surface area contributed by atoms with E-state index in [0.29, 0.717) is 43.5 Å². The number of imidazole rings is 1. The molecule has 0 spiro atoms. The molecule has 0 aliphatic carbocycles. The third kappa shape index (κ3) is 3.71. The molecule has 8 nitrogen and oxygen atoms in total. The van der Waals surface area contributed by atoms with Gasteiger partial charge in [0.05, 0.1) is 19.5 Å². The molecule has 28 heavy (non-hydrogen) atoms. The lowest BCUT2D eigenvalue weighted by Gasteiger charge is -2.23. The molecule has 1 unspecified atom stereocenters. The van der Waals surface area contributed by atoms with Gasteiger partial charge in [-0.15, -0.1) is 0 Å². The fourth-order valence-corrected chi connectivity index (χ4v) is 3.44. The van der Waals surface area contributed by atoms with Crippen LogP contribution in [0.4, 0.5) is 5.82 Å². The Morgan fingerprint density at radius 1 is 1.29 bits per heavy atom. The van der Waals surface area contributed by atoms with Crippen LogP contribution in [0.3, 0.4) is 0 Å². The van der Waals surface area contributed by atoms with E-state index in [1.807, 2.05) is 49.1 Å². The summed E-state index contributed by atoms with van der Waals surface area (Å²) in [4.78, 5) is 16.2. The highest BCUT2D eigenvalue weighted by Crippen LogP contribution is 2.39. The average molecular weight is 381 g/mol. The molecule has 1 aliphatic heterocycles. The Balaban J connectivity index is 1.57. The Morgan fingerprint density at radius 3 is 2.96 bits per heavy atom. The monoisotopic (exact) mass is 381 g/mol. The highest BCUT2D eigenvalue weighted by atomic mass is 16.5. The number of carbonyl (C=O) groups excluding carboxylic acids is 1. The van der Waals surface area contributed by atoms with E-state index in [2.05, 4.69) is 15.4 Å². The highest BCUT2D eigenvalue weighted by molar-refractivity contribution is 5.94. The summed E-state index contributed by atoms with van der Waals surface area (Å²) in [7, 11) is 1.85. The minimum atomic E-state index is -0.0587. The number of hydrogen-bond donors (Lipinski definition) is 1. The van der Waals surface area contributed by atoms with E-state index < -0.39 is 0 Å². The van der Waals surface area contributed by atoms with Gasteiger partial charge in [-0.1, -0.05) is 6.07 Å². The van der Waals surface area contributed by atoms with Gasteiger partial charge < -0.3 is 19.4 Å². The number of amides is 1. The summed E-state index contributed by atoms with van der Waals surface area (Å²) in [6.07, 6.45) is 7.73. The normalized spacial score (nSPS) is 15.8. The zero-order valence-corrected chi connectivity index (χ0v) is 16.0. The zero-order chi connectivity index (χ0) is 19.5. The van der Waals surface area contributed by atoms with E-state index in [9.17, 15) is 4.79 Å². The molecule has 1 aromatic carbocycles. The quantitative estimate of drug-likeness (QED) is 0.680. The lowest BCUT2D eigenvalue weighted by molar-refractivity contribution is -0.116. The number of benzene rings is 1. The number of rotatable bonds is 7. The number of nitrogens with one attached hydrogen (secondary N) is 1. The molecule has 0 bridgehead atoms. The van der Waals surface area contributed by atoms with Gasteiger partial charge in [-0.3, -0.25) is 9.48 Å². The van der Waals surface area contributed by atoms with Gasteiger partial charge in [0.25, 0.3) is 0 Å². The second-order valence-corrected chi connectivity index (χ2v) is 6.70. The van der Waals surface area contributed by atoms with Crippen molar-refractivity contribution in [3.05, 3.63) is 54.2 Å². The van der Waals surface area contributed by atoms with Crippen LogP contribution in [-0.2, 0) is 18.4 Å². The Kier molecular flexibility index (Phi) is 5.01. The minimum Gasteiger partial charge on any atom is -0.490 e. The Bertz CT molecular complexity index is 964. The van der Waals surface area contributed by atoms with E-state index in [1.165, 1.54) is 0 Å². The van der Waals surface area contributed by atoms with E-state index in [-0.39, 0.29) is 11.8 Å². The van der Waals surface area contributed by atoms with Crippen molar-refractivity contribution in [2.75, 3.05) is 18.5 Å². The summed E-state index contributed by atoms with van der Waals surface area (Å²) in [6.45, 7) is 3.68. The maximum atomic E-state index is 12.1. The van der Waals surface area contributed by atoms with Crippen LogP contribution in [0.25, 0.3) is 0 Å². The van der Waals surface area contributed by atoms with Crippen LogP contribution in [0.5, 0.6) is 11.5 Å².